The lowest BCUT2D eigenvalue weighted by Crippen LogP contribution is -2.33. The highest BCUT2D eigenvalue weighted by Gasteiger charge is 2.25. The second kappa shape index (κ2) is 5.31. The first kappa shape index (κ1) is 12.6. The summed E-state index contributed by atoms with van der Waals surface area (Å²) in [6, 6.07) is 8.29. The van der Waals surface area contributed by atoms with Gasteiger partial charge in [0.2, 0.25) is 0 Å². The van der Waals surface area contributed by atoms with E-state index in [4.69, 9.17) is 4.74 Å². The maximum atomic E-state index is 10.1. The molecule has 1 saturated heterocycles. The molecule has 0 saturated carbocycles. The predicted molar refractivity (Wildman–Crippen MR) is 74.0 cm³/mol. The molecule has 1 aliphatic rings. The van der Waals surface area contributed by atoms with Crippen LogP contribution < -0.4 is 0 Å². The number of benzene rings is 1. The minimum Gasteiger partial charge on any atom is -0.393 e. The van der Waals surface area contributed by atoms with Crippen LogP contribution in [0.3, 0.4) is 0 Å². The zero-order chi connectivity index (χ0) is 13.2. The van der Waals surface area contributed by atoms with Crippen LogP contribution in [0.2, 0.25) is 0 Å². The van der Waals surface area contributed by atoms with Gasteiger partial charge < -0.3 is 9.84 Å². The third-order valence-electron chi connectivity index (χ3n) is 3.92. The van der Waals surface area contributed by atoms with Gasteiger partial charge in [-0.2, -0.15) is 5.10 Å². The Hall–Kier alpha value is -1.39. The number of aliphatic hydroxyl groups is 1. The molecular weight excluding hydrogens is 240 g/mol. The molecule has 0 aliphatic carbocycles. The molecule has 1 aliphatic heterocycles. The Morgan fingerprint density at radius 1 is 1.42 bits per heavy atom. The number of fused-ring (bicyclic) bond motifs is 1. The summed E-state index contributed by atoms with van der Waals surface area (Å²) in [5.41, 5.74) is 2.25. The van der Waals surface area contributed by atoms with Crippen LogP contribution in [0.25, 0.3) is 10.9 Å². The Bertz CT molecular complexity index is 564. The first-order valence-electron chi connectivity index (χ1n) is 7.00. The topological polar surface area (TPSA) is 47.3 Å². The Labute approximate surface area is 113 Å². The largest absolute Gasteiger partial charge is 0.393 e. The Kier molecular flexibility index (Phi) is 3.53. The third-order valence-corrected chi connectivity index (χ3v) is 3.92. The fourth-order valence-corrected chi connectivity index (χ4v) is 2.82. The SMILES string of the molecule is CCn1nc(CC2COCCC2O)c2ccccc21. The van der Waals surface area contributed by atoms with Crippen molar-refractivity contribution in [1.82, 2.24) is 9.78 Å². The quantitative estimate of drug-likeness (QED) is 0.918. The molecule has 2 heterocycles. The number of para-hydroxylation sites is 1. The number of hydrogen-bond donors (Lipinski definition) is 1. The first-order chi connectivity index (χ1) is 9.29. The van der Waals surface area contributed by atoms with Gasteiger partial charge in [0.15, 0.2) is 0 Å². The van der Waals surface area contributed by atoms with Gasteiger partial charge in [0.05, 0.1) is 23.9 Å². The summed E-state index contributed by atoms with van der Waals surface area (Å²) in [6.07, 6.45) is 1.26. The van der Waals surface area contributed by atoms with Crippen molar-refractivity contribution < 1.29 is 9.84 Å². The molecule has 3 rings (SSSR count). The van der Waals surface area contributed by atoms with Crippen molar-refractivity contribution in [2.24, 2.45) is 5.92 Å². The minimum atomic E-state index is -0.265. The van der Waals surface area contributed by atoms with E-state index in [0.29, 0.717) is 13.2 Å². The van der Waals surface area contributed by atoms with Gasteiger partial charge in [0, 0.05) is 24.5 Å². The van der Waals surface area contributed by atoms with E-state index in [-0.39, 0.29) is 12.0 Å². The van der Waals surface area contributed by atoms with Crippen molar-refractivity contribution in [1.29, 1.82) is 0 Å². The fraction of sp³-hybridized carbons (Fsp3) is 0.533. The molecule has 102 valence electrons. The molecule has 4 heteroatoms. The number of nitrogens with zero attached hydrogens (tertiary/aromatic N) is 2. The van der Waals surface area contributed by atoms with E-state index < -0.39 is 0 Å². The maximum absolute atomic E-state index is 10.1. The molecular formula is C15H20N2O2. The highest BCUT2D eigenvalue weighted by Crippen LogP contribution is 2.24. The summed E-state index contributed by atoms with van der Waals surface area (Å²) < 4.78 is 7.50. The lowest BCUT2D eigenvalue weighted by molar-refractivity contribution is -0.0353. The summed E-state index contributed by atoms with van der Waals surface area (Å²) in [5, 5.41) is 15.9. The zero-order valence-corrected chi connectivity index (χ0v) is 11.2. The van der Waals surface area contributed by atoms with Gasteiger partial charge in [0.25, 0.3) is 0 Å². The van der Waals surface area contributed by atoms with E-state index in [2.05, 4.69) is 24.2 Å². The summed E-state index contributed by atoms with van der Waals surface area (Å²) >= 11 is 0. The van der Waals surface area contributed by atoms with E-state index in [1.54, 1.807) is 0 Å². The second-order valence-corrected chi connectivity index (χ2v) is 5.17. The monoisotopic (exact) mass is 260 g/mol. The van der Waals surface area contributed by atoms with E-state index >= 15 is 0 Å². The Balaban J connectivity index is 1.92. The second-order valence-electron chi connectivity index (χ2n) is 5.17. The summed E-state index contributed by atoms with van der Waals surface area (Å²) in [5.74, 6) is 0.164. The summed E-state index contributed by atoms with van der Waals surface area (Å²) in [7, 11) is 0. The lowest BCUT2D eigenvalue weighted by Gasteiger charge is -2.27. The van der Waals surface area contributed by atoms with E-state index in [1.807, 2.05) is 16.8 Å². The van der Waals surface area contributed by atoms with Crippen molar-refractivity contribution in [2.75, 3.05) is 13.2 Å². The van der Waals surface area contributed by atoms with E-state index in [1.165, 1.54) is 10.9 Å². The highest BCUT2D eigenvalue weighted by molar-refractivity contribution is 5.81. The van der Waals surface area contributed by atoms with Crippen LogP contribution >= 0.6 is 0 Å². The molecule has 0 spiro atoms. The molecule has 19 heavy (non-hydrogen) atoms. The van der Waals surface area contributed by atoms with Gasteiger partial charge in [-0.25, -0.2) is 0 Å². The van der Waals surface area contributed by atoms with Gasteiger partial charge in [-0.1, -0.05) is 18.2 Å². The van der Waals surface area contributed by atoms with Gasteiger partial charge in [0.1, 0.15) is 0 Å². The highest BCUT2D eigenvalue weighted by atomic mass is 16.5. The van der Waals surface area contributed by atoms with Crippen LogP contribution in [0.5, 0.6) is 0 Å². The van der Waals surface area contributed by atoms with Gasteiger partial charge >= 0.3 is 0 Å². The third kappa shape index (κ3) is 2.38. The smallest absolute Gasteiger partial charge is 0.0708 e. The zero-order valence-electron chi connectivity index (χ0n) is 11.2. The number of aromatic nitrogens is 2. The summed E-state index contributed by atoms with van der Waals surface area (Å²) in [4.78, 5) is 0. The van der Waals surface area contributed by atoms with Crippen LogP contribution in [0, 0.1) is 5.92 Å². The van der Waals surface area contributed by atoms with Crippen molar-refractivity contribution in [3.8, 4) is 0 Å². The van der Waals surface area contributed by atoms with E-state index in [9.17, 15) is 5.11 Å². The Morgan fingerprint density at radius 2 is 2.26 bits per heavy atom. The number of aryl methyl sites for hydroxylation is 1. The normalized spacial score (nSPS) is 23.9. The number of hydrogen-bond acceptors (Lipinski definition) is 3. The lowest BCUT2D eigenvalue weighted by atomic mass is 9.93. The molecule has 4 nitrogen and oxygen atoms in total. The van der Waals surface area contributed by atoms with Crippen molar-refractivity contribution >= 4 is 10.9 Å². The molecule has 0 amide bonds. The van der Waals surface area contributed by atoms with Gasteiger partial charge in [-0.15, -0.1) is 0 Å². The molecule has 0 radical (unpaired) electrons. The number of ether oxygens (including phenoxy) is 1. The average Bonchev–Trinajstić information content (AvgIpc) is 2.80. The predicted octanol–water partition coefficient (Wildman–Crippen LogP) is 2.00. The molecule has 1 N–H and O–H groups in total. The maximum Gasteiger partial charge on any atom is 0.0708 e. The standard InChI is InChI=1S/C15H20N2O2/c1-2-17-14-6-4-3-5-12(14)13(16-17)9-11-10-19-8-7-15(11)18/h3-6,11,15,18H,2,7-10H2,1H3. The number of aliphatic hydroxyl groups excluding tert-OH is 1. The number of rotatable bonds is 3. The van der Waals surface area contributed by atoms with Crippen LogP contribution in [0.15, 0.2) is 24.3 Å². The van der Waals surface area contributed by atoms with Crippen LogP contribution in [-0.4, -0.2) is 34.2 Å². The van der Waals surface area contributed by atoms with Crippen LogP contribution in [-0.2, 0) is 17.7 Å². The van der Waals surface area contributed by atoms with Crippen molar-refractivity contribution in [2.45, 2.75) is 32.4 Å². The van der Waals surface area contributed by atoms with Gasteiger partial charge in [-0.05, 0) is 25.8 Å². The molecule has 1 fully saturated rings. The van der Waals surface area contributed by atoms with Crippen molar-refractivity contribution in [3.63, 3.8) is 0 Å². The summed E-state index contributed by atoms with van der Waals surface area (Å²) in [6.45, 7) is 4.27. The molecule has 1 aromatic heterocycles. The molecule has 1 aromatic carbocycles. The molecule has 2 aromatic rings. The van der Waals surface area contributed by atoms with Crippen molar-refractivity contribution in [3.05, 3.63) is 30.0 Å². The fourth-order valence-electron chi connectivity index (χ4n) is 2.82. The van der Waals surface area contributed by atoms with Gasteiger partial charge in [-0.3, -0.25) is 4.68 Å². The molecule has 2 unspecified atom stereocenters. The first-order valence-corrected chi connectivity index (χ1v) is 7.00. The molecule has 0 bridgehead atoms. The van der Waals surface area contributed by atoms with E-state index in [0.717, 1.165) is 25.1 Å². The minimum absolute atomic E-state index is 0.164. The average molecular weight is 260 g/mol. The van der Waals surface area contributed by atoms with Crippen LogP contribution in [0.1, 0.15) is 19.0 Å². The van der Waals surface area contributed by atoms with Crippen LogP contribution in [0.4, 0.5) is 0 Å². The Morgan fingerprint density at radius 3 is 3.05 bits per heavy atom. The molecule has 2 atom stereocenters.